The number of hydrogen-bond acceptors (Lipinski definition) is 3. The number of phenolic OH excluding ortho intramolecular Hbond substituents is 1. The summed E-state index contributed by atoms with van der Waals surface area (Å²) in [6.45, 7) is 18.0. The molecule has 1 aromatic heterocycles. The normalized spacial score (nSPS) is 12.5. The van der Waals surface area contributed by atoms with E-state index in [9.17, 15) is 5.11 Å². The van der Waals surface area contributed by atoms with Crippen molar-refractivity contribution in [3.63, 3.8) is 0 Å². The Hall–Kier alpha value is -2.03. The van der Waals surface area contributed by atoms with E-state index in [0.717, 1.165) is 16.7 Å². The van der Waals surface area contributed by atoms with Gasteiger partial charge >= 0.3 is 0 Å². The summed E-state index contributed by atoms with van der Waals surface area (Å²) in [5, 5.41) is 14.8. The third-order valence-electron chi connectivity index (χ3n) is 3.71. The second-order valence-corrected chi connectivity index (χ2v) is 7.70. The third-order valence-corrected chi connectivity index (χ3v) is 3.71. The van der Waals surface area contributed by atoms with Crippen LogP contribution in [0.25, 0.3) is 17.3 Å². The molecule has 117 valence electrons. The molecule has 0 aliphatic heterocycles. The van der Waals surface area contributed by atoms with Crippen molar-refractivity contribution in [3.8, 4) is 17.0 Å². The highest BCUT2D eigenvalue weighted by atomic mass is 16.5. The number of nitrogens with zero attached hydrogens (tertiary/aromatic N) is 1. The minimum absolute atomic E-state index is 0.174. The van der Waals surface area contributed by atoms with Gasteiger partial charge in [0.25, 0.3) is 0 Å². The van der Waals surface area contributed by atoms with Crippen molar-refractivity contribution >= 4 is 6.08 Å². The highest BCUT2D eigenvalue weighted by molar-refractivity contribution is 5.67. The summed E-state index contributed by atoms with van der Waals surface area (Å²) < 4.78 is 5.16. The van der Waals surface area contributed by atoms with Gasteiger partial charge in [-0.3, -0.25) is 0 Å². The van der Waals surface area contributed by atoms with Crippen molar-refractivity contribution in [2.75, 3.05) is 0 Å². The van der Waals surface area contributed by atoms with E-state index in [2.05, 4.69) is 46.7 Å². The van der Waals surface area contributed by atoms with Crippen LogP contribution < -0.4 is 0 Å². The first-order valence-electron chi connectivity index (χ1n) is 7.44. The van der Waals surface area contributed by atoms with Gasteiger partial charge in [-0.05, 0) is 29.0 Å². The molecule has 0 unspecified atom stereocenters. The first kappa shape index (κ1) is 16.3. The van der Waals surface area contributed by atoms with E-state index in [1.165, 1.54) is 6.08 Å². The molecule has 0 spiro atoms. The van der Waals surface area contributed by atoms with E-state index in [-0.39, 0.29) is 10.8 Å². The summed E-state index contributed by atoms with van der Waals surface area (Å²) in [5.41, 5.74) is 3.09. The van der Waals surface area contributed by atoms with Crippen LogP contribution in [-0.2, 0) is 10.8 Å². The first-order chi connectivity index (χ1) is 10.0. The minimum Gasteiger partial charge on any atom is -0.507 e. The maximum atomic E-state index is 10.7. The van der Waals surface area contributed by atoms with Gasteiger partial charge in [0.05, 0.1) is 0 Å². The lowest BCUT2D eigenvalue weighted by atomic mass is 9.78. The average Bonchev–Trinajstić information content (AvgIpc) is 2.85. The van der Waals surface area contributed by atoms with Gasteiger partial charge < -0.3 is 9.63 Å². The lowest BCUT2D eigenvalue weighted by Crippen LogP contribution is -2.17. The smallest absolute Gasteiger partial charge is 0.160 e. The number of phenols is 1. The molecule has 3 heteroatoms. The Morgan fingerprint density at radius 2 is 1.50 bits per heavy atom. The standard InChI is InChI=1S/C19H24NO2/c1-8-13-11-16(20-22-13)12-9-14(18(2,3)4)17(21)15(10-12)19(5,6)7/h1,8-11,21H,2-7H3. The molecular formula is C19H24NO2. The maximum Gasteiger partial charge on any atom is 0.160 e. The van der Waals surface area contributed by atoms with Gasteiger partial charge in [-0.25, -0.2) is 0 Å². The Balaban J connectivity index is 2.72. The van der Waals surface area contributed by atoms with Crippen LogP contribution in [0.1, 0.15) is 58.4 Å². The van der Waals surface area contributed by atoms with Crippen LogP contribution in [0, 0.1) is 6.58 Å². The molecule has 0 aliphatic carbocycles. The molecule has 1 N–H and O–H groups in total. The number of benzene rings is 1. The zero-order chi connectivity index (χ0) is 16.7. The van der Waals surface area contributed by atoms with Gasteiger partial charge in [-0.15, -0.1) is 0 Å². The zero-order valence-corrected chi connectivity index (χ0v) is 14.2. The zero-order valence-electron chi connectivity index (χ0n) is 14.2. The molecule has 0 saturated carbocycles. The lowest BCUT2D eigenvalue weighted by Gasteiger charge is -2.28. The molecule has 0 amide bonds. The Morgan fingerprint density at radius 3 is 1.86 bits per heavy atom. The third kappa shape index (κ3) is 3.08. The Labute approximate surface area is 132 Å². The van der Waals surface area contributed by atoms with Gasteiger partial charge in [0.1, 0.15) is 11.4 Å². The predicted octanol–water partition coefficient (Wildman–Crippen LogP) is 5.09. The van der Waals surface area contributed by atoms with Crippen LogP contribution in [0.5, 0.6) is 5.75 Å². The van der Waals surface area contributed by atoms with E-state index in [1.54, 1.807) is 6.07 Å². The number of aromatic hydroxyl groups is 1. The molecule has 0 fully saturated rings. The fraction of sp³-hybridized carbons (Fsp3) is 0.421. The van der Waals surface area contributed by atoms with Crippen LogP contribution in [0.3, 0.4) is 0 Å². The molecule has 3 nitrogen and oxygen atoms in total. The van der Waals surface area contributed by atoms with Gasteiger partial charge in [-0.2, -0.15) is 0 Å². The summed E-state index contributed by atoms with van der Waals surface area (Å²) >= 11 is 0. The number of rotatable bonds is 2. The van der Waals surface area contributed by atoms with Crippen LogP contribution in [0.15, 0.2) is 22.7 Å². The van der Waals surface area contributed by atoms with E-state index in [1.807, 2.05) is 12.1 Å². The largest absolute Gasteiger partial charge is 0.507 e. The van der Waals surface area contributed by atoms with Crippen molar-refractivity contribution in [2.45, 2.75) is 52.4 Å². The fourth-order valence-electron chi connectivity index (χ4n) is 2.43. The molecule has 0 bridgehead atoms. The van der Waals surface area contributed by atoms with E-state index >= 15 is 0 Å². The average molecular weight is 298 g/mol. The second-order valence-electron chi connectivity index (χ2n) is 7.70. The van der Waals surface area contributed by atoms with Crippen molar-refractivity contribution < 1.29 is 9.63 Å². The summed E-state index contributed by atoms with van der Waals surface area (Å²) in [4.78, 5) is 0. The molecule has 0 atom stereocenters. The van der Waals surface area contributed by atoms with Crippen LogP contribution in [-0.4, -0.2) is 10.3 Å². The van der Waals surface area contributed by atoms with Gasteiger partial charge in [0.15, 0.2) is 5.76 Å². The van der Waals surface area contributed by atoms with Crippen molar-refractivity contribution in [2.24, 2.45) is 0 Å². The SMILES string of the molecule is [CH]=Cc1cc(-c2cc(C(C)(C)C)c(O)c(C(C)(C)C)c2)no1. The van der Waals surface area contributed by atoms with Crippen molar-refractivity contribution in [1.82, 2.24) is 5.16 Å². The van der Waals surface area contributed by atoms with Crippen molar-refractivity contribution in [1.29, 1.82) is 0 Å². The molecule has 2 rings (SSSR count). The highest BCUT2D eigenvalue weighted by Gasteiger charge is 2.27. The quantitative estimate of drug-likeness (QED) is 0.840. The summed E-state index contributed by atoms with van der Waals surface area (Å²) in [7, 11) is 0. The minimum atomic E-state index is -0.174. The second kappa shape index (κ2) is 5.31. The lowest BCUT2D eigenvalue weighted by molar-refractivity contribution is 0.414. The molecule has 1 heterocycles. The number of aromatic nitrogens is 1. The Bertz CT molecular complexity index is 662. The molecule has 2 aromatic rings. The van der Waals surface area contributed by atoms with Gasteiger partial charge in [0, 0.05) is 22.8 Å². The molecular weight excluding hydrogens is 274 g/mol. The summed E-state index contributed by atoms with van der Waals surface area (Å²) in [6.07, 6.45) is 1.38. The number of hydrogen-bond donors (Lipinski definition) is 1. The van der Waals surface area contributed by atoms with Gasteiger partial charge in [0.2, 0.25) is 0 Å². The van der Waals surface area contributed by atoms with E-state index < -0.39 is 0 Å². The fourth-order valence-corrected chi connectivity index (χ4v) is 2.43. The Kier molecular flexibility index (Phi) is 3.94. The van der Waals surface area contributed by atoms with E-state index in [4.69, 9.17) is 11.1 Å². The van der Waals surface area contributed by atoms with E-state index in [0.29, 0.717) is 17.2 Å². The molecule has 1 radical (unpaired) electrons. The van der Waals surface area contributed by atoms with Crippen LogP contribution >= 0.6 is 0 Å². The summed E-state index contributed by atoms with van der Waals surface area (Å²) in [5.74, 6) is 0.885. The summed E-state index contributed by atoms with van der Waals surface area (Å²) in [6, 6.07) is 5.75. The Morgan fingerprint density at radius 1 is 1.00 bits per heavy atom. The molecule has 1 aromatic carbocycles. The predicted molar refractivity (Wildman–Crippen MR) is 89.8 cm³/mol. The van der Waals surface area contributed by atoms with Crippen LogP contribution in [0.2, 0.25) is 0 Å². The first-order valence-corrected chi connectivity index (χ1v) is 7.44. The molecule has 0 saturated heterocycles. The van der Waals surface area contributed by atoms with Crippen molar-refractivity contribution in [3.05, 3.63) is 41.7 Å². The molecule has 22 heavy (non-hydrogen) atoms. The highest BCUT2D eigenvalue weighted by Crippen LogP contribution is 2.41. The van der Waals surface area contributed by atoms with Crippen LogP contribution in [0.4, 0.5) is 0 Å². The van der Waals surface area contributed by atoms with Gasteiger partial charge in [-0.1, -0.05) is 53.3 Å². The molecule has 0 aliphatic rings. The monoisotopic (exact) mass is 298 g/mol. The maximum absolute atomic E-state index is 10.7. The topological polar surface area (TPSA) is 46.3 Å².